The Morgan fingerprint density at radius 2 is 1.91 bits per heavy atom. The molecule has 1 atom stereocenters. The molecule has 1 fully saturated rings. The fourth-order valence-electron chi connectivity index (χ4n) is 4.31. The van der Waals surface area contributed by atoms with E-state index in [9.17, 15) is 19.1 Å². The van der Waals surface area contributed by atoms with E-state index in [1.165, 1.54) is 17.0 Å². The van der Waals surface area contributed by atoms with Gasteiger partial charge in [-0.05, 0) is 63.0 Å². The number of halogens is 1. The third kappa shape index (κ3) is 4.43. The standard InChI is InChI=1S/C25H28FN3O4/c1-27(2)11-4-12-29-22(16-5-8-18(26)9-6-16)21(24(31)25(29)32)23(30)17-7-10-20-19(15-17)28(3)13-14-33-20/h5-10,15,22,30H,4,11-14H2,1-3H3/b23-21-. The highest BCUT2D eigenvalue weighted by Crippen LogP contribution is 2.41. The number of aliphatic hydroxyl groups excluding tert-OH is 1. The maximum absolute atomic E-state index is 13.6. The van der Waals surface area contributed by atoms with Gasteiger partial charge in [-0.25, -0.2) is 4.39 Å². The van der Waals surface area contributed by atoms with Crippen LogP contribution in [0.4, 0.5) is 10.1 Å². The largest absolute Gasteiger partial charge is 0.507 e. The average molecular weight is 454 g/mol. The smallest absolute Gasteiger partial charge is 0.295 e. The van der Waals surface area contributed by atoms with E-state index < -0.39 is 23.5 Å². The van der Waals surface area contributed by atoms with E-state index in [1.807, 2.05) is 30.9 Å². The number of likely N-dealkylation sites (N-methyl/N-ethyl adjacent to an activating group) is 1. The predicted octanol–water partition coefficient (Wildman–Crippen LogP) is 3.03. The van der Waals surface area contributed by atoms with Crippen molar-refractivity contribution in [3.63, 3.8) is 0 Å². The van der Waals surface area contributed by atoms with Crippen LogP contribution in [0.1, 0.15) is 23.6 Å². The van der Waals surface area contributed by atoms with Gasteiger partial charge in [-0.2, -0.15) is 0 Å². The highest BCUT2D eigenvalue weighted by atomic mass is 19.1. The molecule has 1 N–H and O–H groups in total. The molecule has 8 heteroatoms. The number of rotatable bonds is 6. The molecule has 2 aromatic carbocycles. The summed E-state index contributed by atoms with van der Waals surface area (Å²) in [6, 6.07) is 10.1. The van der Waals surface area contributed by atoms with Crippen molar-refractivity contribution < 1.29 is 23.8 Å². The summed E-state index contributed by atoms with van der Waals surface area (Å²) in [5.41, 5.74) is 1.80. The van der Waals surface area contributed by atoms with Gasteiger partial charge in [-0.1, -0.05) is 12.1 Å². The topological polar surface area (TPSA) is 73.3 Å². The molecule has 2 heterocycles. The van der Waals surface area contributed by atoms with Gasteiger partial charge in [0.2, 0.25) is 0 Å². The number of Topliss-reactive ketones (excluding diaryl/α,β-unsaturated/α-hetero) is 1. The van der Waals surface area contributed by atoms with Crippen molar-refractivity contribution in [1.82, 2.24) is 9.80 Å². The molecule has 0 aromatic heterocycles. The molecule has 1 saturated heterocycles. The number of anilines is 1. The molecule has 1 amide bonds. The first kappa shape index (κ1) is 22.8. The van der Waals surface area contributed by atoms with E-state index in [0.717, 1.165) is 12.2 Å². The molecule has 0 radical (unpaired) electrons. The Morgan fingerprint density at radius 1 is 1.18 bits per heavy atom. The molecule has 0 aliphatic carbocycles. The number of nitrogens with zero attached hydrogens (tertiary/aromatic N) is 3. The lowest BCUT2D eigenvalue weighted by atomic mass is 9.95. The van der Waals surface area contributed by atoms with Gasteiger partial charge in [-0.3, -0.25) is 9.59 Å². The van der Waals surface area contributed by atoms with Gasteiger partial charge in [-0.15, -0.1) is 0 Å². The summed E-state index contributed by atoms with van der Waals surface area (Å²) < 4.78 is 19.3. The van der Waals surface area contributed by atoms with Crippen molar-refractivity contribution in [3.8, 4) is 5.75 Å². The quantitative estimate of drug-likeness (QED) is 0.412. The second-order valence-electron chi connectivity index (χ2n) is 8.65. The van der Waals surface area contributed by atoms with E-state index in [-0.39, 0.29) is 11.3 Å². The lowest BCUT2D eigenvalue weighted by Crippen LogP contribution is -2.32. The molecule has 7 nitrogen and oxygen atoms in total. The van der Waals surface area contributed by atoms with Gasteiger partial charge in [0.15, 0.2) is 0 Å². The van der Waals surface area contributed by atoms with E-state index in [1.54, 1.807) is 30.3 Å². The van der Waals surface area contributed by atoms with Gasteiger partial charge in [0.1, 0.15) is 23.9 Å². The molecule has 0 bridgehead atoms. The first-order valence-corrected chi connectivity index (χ1v) is 10.9. The van der Waals surface area contributed by atoms with Crippen LogP contribution >= 0.6 is 0 Å². The Morgan fingerprint density at radius 3 is 2.61 bits per heavy atom. The van der Waals surface area contributed by atoms with Gasteiger partial charge in [0.05, 0.1) is 23.8 Å². The number of likely N-dealkylation sites (tertiary alicyclic amines) is 1. The molecule has 0 saturated carbocycles. The summed E-state index contributed by atoms with van der Waals surface area (Å²) in [6.07, 6.45) is 0.652. The maximum atomic E-state index is 13.6. The van der Waals surface area contributed by atoms with Crippen LogP contribution in [0.3, 0.4) is 0 Å². The van der Waals surface area contributed by atoms with E-state index in [4.69, 9.17) is 4.74 Å². The molecular formula is C25H28FN3O4. The zero-order valence-electron chi connectivity index (χ0n) is 19.0. The van der Waals surface area contributed by atoms with Crippen LogP contribution in [-0.2, 0) is 9.59 Å². The number of benzene rings is 2. The van der Waals surface area contributed by atoms with Crippen molar-refractivity contribution in [2.45, 2.75) is 12.5 Å². The molecule has 33 heavy (non-hydrogen) atoms. The summed E-state index contributed by atoms with van der Waals surface area (Å²) in [4.78, 5) is 31.6. The van der Waals surface area contributed by atoms with Crippen LogP contribution in [0.2, 0.25) is 0 Å². The second-order valence-corrected chi connectivity index (χ2v) is 8.65. The number of amides is 1. The number of carbonyl (C=O) groups is 2. The summed E-state index contributed by atoms with van der Waals surface area (Å²) >= 11 is 0. The number of aliphatic hydroxyl groups is 1. The summed E-state index contributed by atoms with van der Waals surface area (Å²) in [5, 5.41) is 11.3. The van der Waals surface area contributed by atoms with E-state index in [0.29, 0.717) is 43.0 Å². The van der Waals surface area contributed by atoms with Gasteiger partial charge in [0, 0.05) is 19.2 Å². The zero-order valence-corrected chi connectivity index (χ0v) is 19.0. The minimum absolute atomic E-state index is 0.00999. The second kappa shape index (κ2) is 9.23. The minimum Gasteiger partial charge on any atom is -0.507 e. The lowest BCUT2D eigenvalue weighted by Gasteiger charge is -2.28. The SMILES string of the molecule is CN(C)CCCN1C(=O)C(=O)/C(=C(\O)c2ccc3c(c2)N(C)CCO3)C1c1ccc(F)cc1. The third-order valence-corrected chi connectivity index (χ3v) is 6.06. The number of fused-ring (bicyclic) bond motifs is 1. The van der Waals surface area contributed by atoms with Crippen LogP contribution in [-0.4, -0.2) is 74.0 Å². The highest BCUT2D eigenvalue weighted by molar-refractivity contribution is 6.46. The van der Waals surface area contributed by atoms with E-state index in [2.05, 4.69) is 0 Å². The zero-order chi connectivity index (χ0) is 23.7. The van der Waals surface area contributed by atoms with Crippen molar-refractivity contribution >= 4 is 23.1 Å². The number of carbonyl (C=O) groups excluding carboxylic acids is 2. The van der Waals surface area contributed by atoms with Crippen molar-refractivity contribution in [3.05, 3.63) is 65.0 Å². The molecule has 2 aliphatic heterocycles. The molecular weight excluding hydrogens is 425 g/mol. The molecule has 1 unspecified atom stereocenters. The summed E-state index contributed by atoms with van der Waals surface area (Å²) in [7, 11) is 5.79. The van der Waals surface area contributed by atoms with Gasteiger partial charge < -0.3 is 24.5 Å². The Labute approximate surface area is 192 Å². The Bertz CT molecular complexity index is 1100. The molecule has 2 aromatic rings. The van der Waals surface area contributed by atoms with Crippen molar-refractivity contribution in [2.75, 3.05) is 52.3 Å². The molecule has 4 rings (SSSR count). The van der Waals surface area contributed by atoms with Crippen molar-refractivity contribution in [1.29, 1.82) is 0 Å². The Kier molecular flexibility index (Phi) is 6.37. The molecule has 2 aliphatic rings. The van der Waals surface area contributed by atoms with Crippen LogP contribution < -0.4 is 9.64 Å². The number of hydrogen-bond donors (Lipinski definition) is 1. The predicted molar refractivity (Wildman–Crippen MR) is 124 cm³/mol. The molecule has 174 valence electrons. The number of hydrogen-bond acceptors (Lipinski definition) is 6. The third-order valence-electron chi connectivity index (χ3n) is 6.06. The monoisotopic (exact) mass is 453 g/mol. The summed E-state index contributed by atoms with van der Waals surface area (Å²) in [6.45, 7) is 2.33. The summed E-state index contributed by atoms with van der Waals surface area (Å²) in [5.74, 6) is -1.38. The van der Waals surface area contributed by atoms with Gasteiger partial charge >= 0.3 is 0 Å². The fraction of sp³-hybridized carbons (Fsp3) is 0.360. The lowest BCUT2D eigenvalue weighted by molar-refractivity contribution is -0.139. The van der Waals surface area contributed by atoms with E-state index >= 15 is 0 Å². The number of ketones is 1. The normalized spacial score (nSPS) is 19.7. The molecule has 0 spiro atoms. The van der Waals surface area contributed by atoms with Crippen LogP contribution in [0.25, 0.3) is 5.76 Å². The first-order chi connectivity index (χ1) is 15.8. The maximum Gasteiger partial charge on any atom is 0.295 e. The first-order valence-electron chi connectivity index (χ1n) is 10.9. The fourth-order valence-corrected chi connectivity index (χ4v) is 4.31. The minimum atomic E-state index is -0.794. The Balaban J connectivity index is 1.79. The van der Waals surface area contributed by atoms with Crippen LogP contribution in [0.15, 0.2) is 48.0 Å². The van der Waals surface area contributed by atoms with Crippen molar-refractivity contribution in [2.24, 2.45) is 0 Å². The highest BCUT2D eigenvalue weighted by Gasteiger charge is 2.45. The van der Waals surface area contributed by atoms with Crippen LogP contribution in [0.5, 0.6) is 5.75 Å². The van der Waals surface area contributed by atoms with Gasteiger partial charge in [0.25, 0.3) is 11.7 Å². The average Bonchev–Trinajstić information content (AvgIpc) is 3.04. The number of ether oxygens (including phenoxy) is 1. The Hall–Kier alpha value is -3.39. The van der Waals surface area contributed by atoms with Crippen LogP contribution in [0, 0.1) is 5.82 Å².